The number of pyridine rings is 1. The van der Waals surface area contributed by atoms with Crippen LogP contribution in [0.3, 0.4) is 0 Å². The summed E-state index contributed by atoms with van der Waals surface area (Å²) >= 11 is 0. The molecule has 25 heavy (non-hydrogen) atoms. The van der Waals surface area contributed by atoms with E-state index < -0.39 is 7.12 Å². The third-order valence-electron chi connectivity index (χ3n) is 4.43. The summed E-state index contributed by atoms with van der Waals surface area (Å²) < 4.78 is 2.23. The molecule has 0 aliphatic rings. The zero-order valence-corrected chi connectivity index (χ0v) is 14.3. The maximum Gasteiger partial charge on any atom is 0.488 e. The van der Waals surface area contributed by atoms with Gasteiger partial charge >= 0.3 is 7.12 Å². The van der Waals surface area contributed by atoms with E-state index in [1.54, 1.807) is 6.07 Å². The van der Waals surface area contributed by atoms with E-state index in [1.165, 1.54) is 10.8 Å². The van der Waals surface area contributed by atoms with E-state index in [9.17, 15) is 10.0 Å². The number of nitrogens with zero attached hydrogens (tertiary/aromatic N) is 1. The molecule has 0 saturated carbocycles. The lowest BCUT2D eigenvalue weighted by Gasteiger charge is -2.09. The van der Waals surface area contributed by atoms with Gasteiger partial charge in [0.15, 0.2) is 6.54 Å². The molecule has 0 saturated heterocycles. The van der Waals surface area contributed by atoms with Gasteiger partial charge in [-0.05, 0) is 23.7 Å². The summed E-state index contributed by atoms with van der Waals surface area (Å²) in [4.78, 5) is 0. The van der Waals surface area contributed by atoms with Gasteiger partial charge in [-0.2, -0.15) is 4.57 Å². The summed E-state index contributed by atoms with van der Waals surface area (Å²) in [5.74, 6) is 0. The molecule has 4 rings (SSSR count). The largest absolute Gasteiger partial charge is 1.00 e. The molecule has 0 radical (unpaired) electrons. The normalized spacial score (nSPS) is 10.6. The third-order valence-corrected chi connectivity index (χ3v) is 4.43. The van der Waals surface area contributed by atoms with Crippen LogP contribution in [0.15, 0.2) is 78.9 Å². The first-order valence-electron chi connectivity index (χ1n) is 7.98. The predicted molar refractivity (Wildman–Crippen MR) is 97.0 cm³/mol. The van der Waals surface area contributed by atoms with E-state index in [4.69, 9.17) is 0 Å². The highest BCUT2D eigenvalue weighted by atomic mass is 35.5. The number of benzene rings is 3. The van der Waals surface area contributed by atoms with Gasteiger partial charge in [0.25, 0.3) is 0 Å². The Morgan fingerprint density at radius 1 is 0.720 bits per heavy atom. The fourth-order valence-electron chi connectivity index (χ4n) is 3.28. The van der Waals surface area contributed by atoms with Crippen molar-refractivity contribution in [3.05, 3.63) is 84.4 Å². The zero-order valence-electron chi connectivity index (χ0n) is 13.5. The van der Waals surface area contributed by atoms with Crippen molar-refractivity contribution in [3.8, 4) is 0 Å². The number of rotatable bonds is 3. The summed E-state index contributed by atoms with van der Waals surface area (Å²) in [6, 6.07) is 26.2. The van der Waals surface area contributed by atoms with Gasteiger partial charge in [0.2, 0.25) is 11.0 Å². The minimum atomic E-state index is -1.47. The molecule has 0 spiro atoms. The number of aromatic nitrogens is 1. The first-order chi connectivity index (χ1) is 11.7. The van der Waals surface area contributed by atoms with Crippen LogP contribution in [-0.2, 0) is 6.54 Å². The van der Waals surface area contributed by atoms with Crippen molar-refractivity contribution in [1.29, 1.82) is 0 Å². The fraction of sp³-hybridized carbons (Fsp3) is 0.0500. The third kappa shape index (κ3) is 3.24. The Morgan fingerprint density at radius 2 is 1.24 bits per heavy atom. The van der Waals surface area contributed by atoms with Crippen LogP contribution >= 0.6 is 0 Å². The summed E-state index contributed by atoms with van der Waals surface area (Å²) in [7, 11) is -1.47. The van der Waals surface area contributed by atoms with Gasteiger partial charge in [-0.15, -0.1) is 0 Å². The quantitative estimate of drug-likeness (QED) is 0.283. The molecule has 0 atom stereocenters. The van der Waals surface area contributed by atoms with Gasteiger partial charge in [-0.3, -0.25) is 0 Å². The SMILES string of the molecule is OB(O)c1ccccc1C[n+]1c2ccccc2cc2ccccc21.[Cl-]. The van der Waals surface area contributed by atoms with Crippen molar-refractivity contribution < 1.29 is 27.0 Å². The molecule has 5 heteroatoms. The van der Waals surface area contributed by atoms with Crippen molar-refractivity contribution in [2.75, 3.05) is 0 Å². The Morgan fingerprint density at radius 3 is 1.84 bits per heavy atom. The standard InChI is InChI=1S/C20H17BNO2.ClH/c23-21(24)18-10-4-1-9-17(18)14-22-19-11-5-2-7-15(19)13-16-8-3-6-12-20(16)22;/h1-13,23-24H,14H2;1H/q+1;/p-1. The van der Waals surface area contributed by atoms with Crippen LogP contribution in [0.1, 0.15) is 5.56 Å². The Labute approximate surface area is 152 Å². The number of hydrogen-bond acceptors (Lipinski definition) is 2. The van der Waals surface area contributed by atoms with Crippen LogP contribution in [0.2, 0.25) is 0 Å². The molecule has 1 heterocycles. The lowest BCUT2D eigenvalue weighted by Crippen LogP contribution is -3.00. The second kappa shape index (κ2) is 7.24. The van der Waals surface area contributed by atoms with E-state index in [1.807, 2.05) is 42.5 Å². The minimum absolute atomic E-state index is 0. The highest BCUT2D eigenvalue weighted by Crippen LogP contribution is 2.18. The monoisotopic (exact) mass is 349 g/mol. The van der Waals surface area contributed by atoms with E-state index in [0.29, 0.717) is 12.0 Å². The van der Waals surface area contributed by atoms with Crippen molar-refractivity contribution >= 4 is 34.4 Å². The molecule has 0 aliphatic heterocycles. The van der Waals surface area contributed by atoms with Crippen LogP contribution < -0.4 is 22.4 Å². The molecule has 4 aromatic rings. The lowest BCUT2D eigenvalue weighted by molar-refractivity contribution is -0.635. The van der Waals surface area contributed by atoms with Gasteiger partial charge in [0.1, 0.15) is 0 Å². The molecule has 124 valence electrons. The maximum absolute atomic E-state index is 9.66. The fourth-order valence-corrected chi connectivity index (χ4v) is 3.28. The Hall–Kier alpha value is -2.40. The van der Waals surface area contributed by atoms with Crippen LogP contribution in [0, 0.1) is 0 Å². The molecule has 3 nitrogen and oxygen atoms in total. The van der Waals surface area contributed by atoms with E-state index in [2.05, 4.69) is 34.9 Å². The van der Waals surface area contributed by atoms with Crippen molar-refractivity contribution in [2.24, 2.45) is 0 Å². The number of halogens is 1. The topological polar surface area (TPSA) is 44.3 Å². The van der Waals surface area contributed by atoms with Gasteiger partial charge in [-0.1, -0.05) is 48.5 Å². The maximum atomic E-state index is 9.66. The van der Waals surface area contributed by atoms with E-state index in [0.717, 1.165) is 16.6 Å². The number of para-hydroxylation sites is 2. The molecule has 0 aliphatic carbocycles. The molecule has 0 fully saturated rings. The molecule has 1 aromatic heterocycles. The van der Waals surface area contributed by atoms with E-state index >= 15 is 0 Å². The lowest BCUT2D eigenvalue weighted by atomic mass is 9.77. The highest BCUT2D eigenvalue weighted by Gasteiger charge is 2.21. The summed E-state index contributed by atoms with van der Waals surface area (Å²) in [5.41, 5.74) is 3.69. The van der Waals surface area contributed by atoms with E-state index in [-0.39, 0.29) is 12.4 Å². The summed E-state index contributed by atoms with van der Waals surface area (Å²) in [5, 5.41) is 21.6. The Kier molecular flexibility index (Phi) is 5.04. The summed E-state index contributed by atoms with van der Waals surface area (Å²) in [6.45, 7) is 0.579. The molecule has 0 amide bonds. The van der Waals surface area contributed by atoms with Gasteiger partial charge in [-0.25, -0.2) is 0 Å². The summed E-state index contributed by atoms with van der Waals surface area (Å²) in [6.07, 6.45) is 0. The van der Waals surface area contributed by atoms with Gasteiger partial charge in [0.05, 0.1) is 0 Å². The van der Waals surface area contributed by atoms with Gasteiger partial charge < -0.3 is 22.5 Å². The predicted octanol–water partition coefficient (Wildman–Crippen LogP) is -0.987. The first kappa shape index (κ1) is 17.4. The second-order valence-electron chi connectivity index (χ2n) is 5.92. The smallest absolute Gasteiger partial charge is 0.488 e. The molecule has 2 N–H and O–H groups in total. The van der Waals surface area contributed by atoms with Crippen LogP contribution in [0.4, 0.5) is 0 Å². The average Bonchev–Trinajstić information content (AvgIpc) is 2.62. The van der Waals surface area contributed by atoms with Crippen LogP contribution in [0.5, 0.6) is 0 Å². The van der Waals surface area contributed by atoms with Gasteiger partial charge in [0, 0.05) is 28.5 Å². The minimum Gasteiger partial charge on any atom is -1.00 e. The molecular formula is C20H17BClNO2. The van der Waals surface area contributed by atoms with Crippen LogP contribution in [-0.4, -0.2) is 17.2 Å². The number of hydrogen-bond donors (Lipinski definition) is 2. The molecule has 0 unspecified atom stereocenters. The molecule has 3 aromatic carbocycles. The molecular weight excluding hydrogens is 332 g/mol. The molecule has 0 bridgehead atoms. The Balaban J connectivity index is 0.00000182. The number of fused-ring (bicyclic) bond motifs is 2. The van der Waals surface area contributed by atoms with Crippen molar-refractivity contribution in [3.63, 3.8) is 0 Å². The second-order valence-corrected chi connectivity index (χ2v) is 5.92. The Bertz CT molecular complexity index is 982. The first-order valence-corrected chi connectivity index (χ1v) is 7.98. The van der Waals surface area contributed by atoms with Crippen molar-refractivity contribution in [2.45, 2.75) is 6.54 Å². The van der Waals surface area contributed by atoms with Crippen molar-refractivity contribution in [1.82, 2.24) is 0 Å². The zero-order chi connectivity index (χ0) is 16.5. The van der Waals surface area contributed by atoms with Crippen LogP contribution in [0.25, 0.3) is 21.8 Å². The highest BCUT2D eigenvalue weighted by molar-refractivity contribution is 6.59. The average molecular weight is 350 g/mol.